The fraction of sp³-hybridized carbons (Fsp3) is 0.182. The van der Waals surface area contributed by atoms with Crippen LogP contribution in [0.3, 0.4) is 0 Å². The molecular weight excluding hydrogens is 559 g/mol. The number of aliphatic hydroxyl groups excluding tert-OH is 1. The fourth-order valence-electron chi connectivity index (χ4n) is 5.05. The van der Waals surface area contributed by atoms with Crippen LogP contribution in [0.15, 0.2) is 95.9 Å². The van der Waals surface area contributed by atoms with Gasteiger partial charge in [0, 0.05) is 44.1 Å². The average molecular weight is 588 g/mol. The van der Waals surface area contributed by atoms with Gasteiger partial charge in [0.1, 0.15) is 5.76 Å². The number of para-hydroxylation sites is 1. The van der Waals surface area contributed by atoms with Crippen molar-refractivity contribution in [2.75, 3.05) is 31.1 Å². The van der Waals surface area contributed by atoms with Gasteiger partial charge >= 0.3 is 0 Å². The molecule has 0 spiro atoms. The second-order valence-corrected chi connectivity index (χ2v) is 10.2. The van der Waals surface area contributed by atoms with Crippen LogP contribution in [0.4, 0.5) is 18.9 Å². The van der Waals surface area contributed by atoms with Gasteiger partial charge in [-0.05, 0) is 53.4 Å². The normalized spacial score (nSPS) is 13.7. The van der Waals surface area contributed by atoms with Gasteiger partial charge in [-0.3, -0.25) is 14.4 Å². The number of aromatic nitrogens is 1. The van der Waals surface area contributed by atoms with Crippen LogP contribution in [0.2, 0.25) is 0 Å². The summed E-state index contributed by atoms with van der Waals surface area (Å²) < 4.78 is 42.5. The van der Waals surface area contributed by atoms with Gasteiger partial charge in [0.05, 0.1) is 12.1 Å². The Morgan fingerprint density at radius 3 is 2.02 bits per heavy atom. The zero-order valence-corrected chi connectivity index (χ0v) is 23.1. The number of ketones is 1. The minimum atomic E-state index is -1.59. The lowest BCUT2D eigenvalue weighted by Crippen LogP contribution is -2.50. The van der Waals surface area contributed by atoms with Crippen LogP contribution in [0, 0.1) is 17.5 Å². The largest absolute Gasteiger partial charge is 0.507 e. The number of carbonyl (C=O) groups is 2. The van der Waals surface area contributed by atoms with E-state index in [0.717, 1.165) is 29.5 Å². The van der Waals surface area contributed by atoms with E-state index >= 15 is 0 Å². The zero-order valence-electron chi connectivity index (χ0n) is 23.1. The van der Waals surface area contributed by atoms with Crippen molar-refractivity contribution in [3.8, 4) is 0 Å². The summed E-state index contributed by atoms with van der Waals surface area (Å²) in [4.78, 5) is 42.7. The third kappa shape index (κ3) is 6.86. The Hall–Kier alpha value is -5.12. The Morgan fingerprint density at radius 2 is 1.40 bits per heavy atom. The molecule has 7 nitrogen and oxygen atoms in total. The van der Waals surface area contributed by atoms with Crippen molar-refractivity contribution in [1.82, 2.24) is 9.47 Å². The number of pyridine rings is 1. The van der Waals surface area contributed by atoms with E-state index in [1.807, 2.05) is 36.4 Å². The van der Waals surface area contributed by atoms with Gasteiger partial charge in [-0.2, -0.15) is 0 Å². The van der Waals surface area contributed by atoms with Crippen LogP contribution in [0.1, 0.15) is 22.3 Å². The van der Waals surface area contributed by atoms with Crippen molar-refractivity contribution >= 4 is 23.1 Å². The quantitative estimate of drug-likeness (QED) is 0.140. The molecule has 1 amide bonds. The van der Waals surface area contributed by atoms with Gasteiger partial charge in [-0.1, -0.05) is 48.5 Å². The summed E-state index contributed by atoms with van der Waals surface area (Å²) in [7, 11) is 0. The Bertz CT molecular complexity index is 1710. The maximum atomic E-state index is 13.9. The molecule has 220 valence electrons. The number of anilines is 1. The average Bonchev–Trinajstić information content (AvgIpc) is 3.02. The molecule has 1 aromatic heterocycles. The van der Waals surface area contributed by atoms with E-state index in [0.29, 0.717) is 31.7 Å². The SMILES string of the molecule is O=C(/C=C(\O)c1cc(Cc2cc(F)c(F)c(F)c2)cn(Cc2ccccc2)c1=O)C(=O)N1CCN(c2ccccc2)CC1. The highest BCUT2D eigenvalue weighted by atomic mass is 19.2. The van der Waals surface area contributed by atoms with Crippen LogP contribution in [-0.4, -0.2) is 52.4 Å². The molecule has 43 heavy (non-hydrogen) atoms. The van der Waals surface area contributed by atoms with E-state index in [4.69, 9.17) is 0 Å². The van der Waals surface area contributed by atoms with Crippen molar-refractivity contribution in [2.24, 2.45) is 0 Å². The number of halogens is 3. The molecule has 0 atom stereocenters. The molecule has 1 saturated heterocycles. The molecule has 0 bridgehead atoms. The maximum Gasteiger partial charge on any atom is 0.294 e. The van der Waals surface area contributed by atoms with E-state index in [1.165, 1.54) is 21.7 Å². The van der Waals surface area contributed by atoms with E-state index in [1.54, 1.807) is 24.3 Å². The summed E-state index contributed by atoms with van der Waals surface area (Å²) in [5.41, 5.74) is 1.30. The lowest BCUT2D eigenvalue weighted by molar-refractivity contribution is -0.142. The fourth-order valence-corrected chi connectivity index (χ4v) is 5.05. The second-order valence-electron chi connectivity index (χ2n) is 10.2. The molecule has 10 heteroatoms. The van der Waals surface area contributed by atoms with E-state index in [-0.39, 0.29) is 24.1 Å². The zero-order chi connectivity index (χ0) is 30.5. The predicted molar refractivity (Wildman–Crippen MR) is 156 cm³/mol. The number of amides is 1. The molecule has 1 N–H and O–H groups in total. The van der Waals surface area contributed by atoms with Gasteiger partial charge in [0.25, 0.3) is 11.5 Å². The van der Waals surface area contributed by atoms with Gasteiger partial charge in [0.2, 0.25) is 5.78 Å². The van der Waals surface area contributed by atoms with Crippen LogP contribution >= 0.6 is 0 Å². The molecule has 3 aromatic carbocycles. The third-order valence-electron chi connectivity index (χ3n) is 7.23. The van der Waals surface area contributed by atoms with E-state index in [2.05, 4.69) is 4.90 Å². The highest BCUT2D eigenvalue weighted by Gasteiger charge is 2.26. The van der Waals surface area contributed by atoms with Crippen LogP contribution < -0.4 is 10.5 Å². The summed E-state index contributed by atoms with van der Waals surface area (Å²) in [5.74, 6) is -6.83. The number of hydrogen-bond donors (Lipinski definition) is 1. The first-order valence-electron chi connectivity index (χ1n) is 13.6. The highest BCUT2D eigenvalue weighted by Crippen LogP contribution is 2.20. The lowest BCUT2D eigenvalue weighted by Gasteiger charge is -2.35. The Labute approximate surface area is 245 Å². The molecule has 5 rings (SSSR count). The summed E-state index contributed by atoms with van der Waals surface area (Å²) >= 11 is 0. The standard InChI is InChI=1S/C33H28F3N3O4/c34-27-17-23(18-28(35)31(27)36)15-24-16-26(32(42)39(21-24)20-22-7-3-1-4-8-22)29(40)19-30(41)33(43)38-13-11-37(12-14-38)25-9-5-2-6-10-25/h1-10,16-19,21,40H,11-15,20H2/b29-19-. The first-order chi connectivity index (χ1) is 20.7. The molecule has 0 radical (unpaired) electrons. The van der Waals surface area contributed by atoms with Gasteiger partial charge < -0.3 is 19.5 Å². The number of hydrogen-bond acceptors (Lipinski definition) is 5. The lowest BCUT2D eigenvalue weighted by atomic mass is 10.0. The molecular formula is C33H28F3N3O4. The molecule has 0 saturated carbocycles. The first kappa shape index (κ1) is 29.4. The number of rotatable bonds is 8. The van der Waals surface area contributed by atoms with Crippen molar-refractivity contribution in [2.45, 2.75) is 13.0 Å². The van der Waals surface area contributed by atoms with Crippen LogP contribution in [0.5, 0.6) is 0 Å². The van der Waals surface area contributed by atoms with Crippen molar-refractivity contribution in [3.05, 3.63) is 141 Å². The number of nitrogens with zero attached hydrogens (tertiary/aromatic N) is 3. The molecule has 0 unspecified atom stereocenters. The predicted octanol–water partition coefficient (Wildman–Crippen LogP) is 4.72. The Morgan fingerprint density at radius 1 is 0.791 bits per heavy atom. The molecule has 1 aliphatic heterocycles. The van der Waals surface area contributed by atoms with Crippen LogP contribution in [-0.2, 0) is 22.6 Å². The minimum absolute atomic E-state index is 0.0941. The number of aliphatic hydroxyl groups is 1. The van der Waals surface area contributed by atoms with Crippen molar-refractivity contribution in [1.29, 1.82) is 0 Å². The summed E-state index contributed by atoms with van der Waals surface area (Å²) in [6.07, 6.45) is 2.07. The van der Waals surface area contributed by atoms with Gasteiger partial charge in [0.15, 0.2) is 17.5 Å². The summed E-state index contributed by atoms with van der Waals surface area (Å²) in [6, 6.07) is 21.6. The molecule has 0 aliphatic carbocycles. The second kappa shape index (κ2) is 12.8. The summed E-state index contributed by atoms with van der Waals surface area (Å²) in [5, 5.41) is 10.9. The summed E-state index contributed by atoms with van der Waals surface area (Å²) in [6.45, 7) is 1.75. The maximum absolute atomic E-state index is 13.9. The number of benzene rings is 3. The van der Waals surface area contributed by atoms with Crippen molar-refractivity contribution in [3.63, 3.8) is 0 Å². The Kier molecular flexibility index (Phi) is 8.75. The monoisotopic (exact) mass is 587 g/mol. The molecule has 1 fully saturated rings. The Balaban J connectivity index is 1.39. The van der Waals surface area contributed by atoms with Gasteiger partial charge in [-0.15, -0.1) is 0 Å². The smallest absolute Gasteiger partial charge is 0.294 e. The molecule has 2 heterocycles. The van der Waals surface area contributed by atoms with Gasteiger partial charge in [-0.25, -0.2) is 13.2 Å². The molecule has 1 aliphatic rings. The van der Waals surface area contributed by atoms with Crippen molar-refractivity contribution < 1.29 is 27.9 Å². The highest BCUT2D eigenvalue weighted by molar-refractivity contribution is 6.41. The van der Waals surface area contributed by atoms with E-state index < -0.39 is 40.5 Å². The van der Waals surface area contributed by atoms with E-state index in [9.17, 15) is 32.7 Å². The third-order valence-corrected chi connectivity index (χ3v) is 7.23. The topological polar surface area (TPSA) is 82.8 Å². The number of piperazine rings is 1. The number of carbonyl (C=O) groups excluding carboxylic acids is 2. The molecule has 4 aromatic rings. The van der Waals surface area contributed by atoms with Crippen LogP contribution in [0.25, 0.3) is 5.76 Å². The minimum Gasteiger partial charge on any atom is -0.507 e. The first-order valence-corrected chi connectivity index (χ1v) is 13.6.